The van der Waals surface area contributed by atoms with Crippen molar-refractivity contribution in [1.82, 2.24) is 24.5 Å². The second kappa shape index (κ2) is 7.95. The smallest absolute Gasteiger partial charge is 0.280 e. The Morgan fingerprint density at radius 2 is 2.00 bits per heavy atom. The van der Waals surface area contributed by atoms with Crippen molar-refractivity contribution < 1.29 is 18.4 Å². The van der Waals surface area contributed by atoms with E-state index in [9.17, 15) is 18.4 Å². The van der Waals surface area contributed by atoms with Crippen LogP contribution in [0.2, 0.25) is 5.02 Å². The number of nitrogens with zero attached hydrogens (tertiary/aromatic N) is 5. The van der Waals surface area contributed by atoms with Gasteiger partial charge in [0.1, 0.15) is 21.1 Å². The van der Waals surface area contributed by atoms with Gasteiger partial charge in [-0.1, -0.05) is 11.6 Å². The second-order valence-electron chi connectivity index (χ2n) is 6.97. The molecular weight excluding hydrogens is 464 g/mol. The molecular formula is C19H16ClF2N7O2S. The summed E-state index contributed by atoms with van der Waals surface area (Å²) in [6.07, 6.45) is 0.114. The first-order valence-electron chi connectivity index (χ1n) is 9.13. The number of halogens is 3. The Morgan fingerprint density at radius 1 is 1.28 bits per heavy atom. The quantitative estimate of drug-likeness (QED) is 0.452. The van der Waals surface area contributed by atoms with E-state index in [1.807, 2.05) is 0 Å². The van der Waals surface area contributed by atoms with E-state index in [0.29, 0.717) is 22.2 Å². The van der Waals surface area contributed by atoms with Crippen LogP contribution in [-0.2, 0) is 14.1 Å². The topological polar surface area (TPSA) is 121 Å². The first-order valence-corrected chi connectivity index (χ1v) is 10.3. The minimum absolute atomic E-state index is 0.0339. The van der Waals surface area contributed by atoms with Gasteiger partial charge < -0.3 is 11.1 Å². The average molecular weight is 480 g/mol. The van der Waals surface area contributed by atoms with Gasteiger partial charge in [-0.25, -0.2) is 13.8 Å². The van der Waals surface area contributed by atoms with E-state index >= 15 is 0 Å². The summed E-state index contributed by atoms with van der Waals surface area (Å²) in [6, 6.07) is 1.22. The maximum atomic E-state index is 13.6. The van der Waals surface area contributed by atoms with Gasteiger partial charge in [-0.2, -0.15) is 10.2 Å². The van der Waals surface area contributed by atoms with E-state index in [4.69, 9.17) is 17.3 Å². The molecule has 4 heterocycles. The lowest BCUT2D eigenvalue weighted by Gasteiger charge is -2.11. The van der Waals surface area contributed by atoms with Crippen molar-refractivity contribution in [1.29, 1.82) is 0 Å². The lowest BCUT2D eigenvalue weighted by Crippen LogP contribution is -2.19. The first kappa shape index (κ1) is 21.8. The third kappa shape index (κ3) is 3.60. The van der Waals surface area contributed by atoms with Crippen LogP contribution in [0.3, 0.4) is 0 Å². The molecule has 0 fully saturated rings. The lowest BCUT2D eigenvalue weighted by molar-refractivity contribution is 0.100. The van der Waals surface area contributed by atoms with Gasteiger partial charge in [0.15, 0.2) is 0 Å². The molecule has 9 nitrogen and oxygen atoms in total. The summed E-state index contributed by atoms with van der Waals surface area (Å²) in [6.45, 7) is 1.72. The summed E-state index contributed by atoms with van der Waals surface area (Å²) in [4.78, 5) is 29.2. The number of alkyl halides is 2. The number of nitrogens with one attached hydrogen (secondary N) is 1. The van der Waals surface area contributed by atoms with Crippen LogP contribution in [0.15, 0.2) is 18.5 Å². The molecule has 0 spiro atoms. The summed E-state index contributed by atoms with van der Waals surface area (Å²) in [5.74, 6) is -1.49. The van der Waals surface area contributed by atoms with Crippen molar-refractivity contribution in [3.05, 3.63) is 45.4 Å². The Morgan fingerprint density at radius 3 is 2.53 bits per heavy atom. The normalized spacial score (nSPS) is 11.5. The van der Waals surface area contributed by atoms with Crippen LogP contribution >= 0.6 is 22.9 Å². The molecule has 0 aliphatic rings. The number of pyridine rings is 1. The average Bonchev–Trinajstić information content (AvgIpc) is 3.35. The van der Waals surface area contributed by atoms with Gasteiger partial charge in [-0.15, -0.1) is 11.3 Å². The minimum Gasteiger partial charge on any atom is -0.365 e. The van der Waals surface area contributed by atoms with Crippen molar-refractivity contribution >= 4 is 50.7 Å². The summed E-state index contributed by atoms with van der Waals surface area (Å²) < 4.78 is 30.0. The molecule has 3 N–H and O–H groups in total. The second-order valence-corrected chi connectivity index (χ2v) is 8.37. The van der Waals surface area contributed by atoms with Crippen LogP contribution in [0.5, 0.6) is 0 Å². The maximum Gasteiger partial charge on any atom is 0.280 e. The zero-order chi connectivity index (χ0) is 23.3. The number of anilines is 1. The Hall–Kier alpha value is -3.38. The molecule has 0 saturated carbocycles. The zero-order valence-corrected chi connectivity index (χ0v) is 18.6. The van der Waals surface area contributed by atoms with Crippen molar-refractivity contribution in [2.24, 2.45) is 19.8 Å². The van der Waals surface area contributed by atoms with Crippen LogP contribution in [-0.4, -0.2) is 36.4 Å². The molecule has 4 aromatic heterocycles. The number of rotatable bonds is 5. The number of carbonyl (C=O) groups excluding carboxylic acids is 2. The van der Waals surface area contributed by atoms with E-state index < -0.39 is 23.9 Å². The monoisotopic (exact) mass is 479 g/mol. The number of carbonyl (C=O) groups is 2. The van der Waals surface area contributed by atoms with Crippen LogP contribution in [0, 0.1) is 6.92 Å². The molecule has 0 bridgehead atoms. The highest BCUT2D eigenvalue weighted by Gasteiger charge is 2.27. The first-order chi connectivity index (χ1) is 15.1. The van der Waals surface area contributed by atoms with Crippen molar-refractivity contribution in [3.63, 3.8) is 0 Å². The molecule has 0 aliphatic carbocycles. The fraction of sp³-hybridized carbons (Fsp3) is 0.211. The Bertz CT molecular complexity index is 1370. The number of aryl methyl sites for hydroxylation is 3. The van der Waals surface area contributed by atoms with Gasteiger partial charge in [0.25, 0.3) is 18.2 Å². The number of hydrogen-bond donors (Lipinski definition) is 2. The Kier molecular flexibility index (Phi) is 5.42. The number of hydrogen-bond acceptors (Lipinski definition) is 6. The van der Waals surface area contributed by atoms with Crippen LogP contribution in [0.1, 0.15) is 38.0 Å². The maximum absolute atomic E-state index is 13.6. The largest absolute Gasteiger partial charge is 0.365 e. The highest BCUT2D eigenvalue weighted by molar-refractivity contribution is 7.21. The number of fused-ring (bicyclic) bond motifs is 1. The van der Waals surface area contributed by atoms with Gasteiger partial charge in [-0.05, 0) is 18.6 Å². The van der Waals surface area contributed by atoms with Crippen molar-refractivity contribution in [2.75, 3.05) is 5.32 Å². The molecule has 0 saturated heterocycles. The van der Waals surface area contributed by atoms with Crippen molar-refractivity contribution in [3.8, 4) is 11.1 Å². The number of nitrogens with two attached hydrogens (primary N) is 1. The molecule has 13 heteroatoms. The van der Waals surface area contributed by atoms with E-state index in [0.717, 1.165) is 11.3 Å². The Labute approximate surface area is 188 Å². The fourth-order valence-electron chi connectivity index (χ4n) is 3.44. The SMILES string of the molecule is Cc1nn(C)cc1-c1cc(C(F)F)nc2sc(C(N)=O)c(NC(=O)c3c(Cl)cnn3C)c12. The molecule has 2 amide bonds. The molecule has 166 valence electrons. The standard InChI is InChI=1S/C19H16ClF2N7O2S/c1-7-9(6-28(2)27-7)8-4-11(16(21)22)25-19-12(8)13(15(32-19)17(23)30)26-18(31)14-10(20)5-24-29(14)3/h4-6,16H,1-3H3,(H2,23,30)(H,26,31). The van der Waals surface area contributed by atoms with Gasteiger partial charge in [-0.3, -0.25) is 19.0 Å². The highest BCUT2D eigenvalue weighted by atomic mass is 35.5. The predicted octanol–water partition coefficient (Wildman–Crippen LogP) is 3.68. The minimum atomic E-state index is -2.85. The van der Waals surface area contributed by atoms with Crippen molar-refractivity contribution in [2.45, 2.75) is 13.3 Å². The number of aromatic nitrogens is 5. The fourth-order valence-corrected chi connectivity index (χ4v) is 4.70. The highest BCUT2D eigenvalue weighted by Crippen LogP contribution is 2.43. The molecule has 32 heavy (non-hydrogen) atoms. The zero-order valence-electron chi connectivity index (χ0n) is 17.0. The summed E-state index contributed by atoms with van der Waals surface area (Å²) >= 11 is 6.88. The molecule has 0 radical (unpaired) electrons. The molecule has 0 unspecified atom stereocenters. The van der Waals surface area contributed by atoms with Crippen LogP contribution < -0.4 is 11.1 Å². The van der Waals surface area contributed by atoms with Gasteiger partial charge in [0.05, 0.1) is 22.6 Å². The van der Waals surface area contributed by atoms with E-state index in [2.05, 4.69) is 20.5 Å². The van der Waals surface area contributed by atoms with E-state index in [-0.39, 0.29) is 26.1 Å². The summed E-state index contributed by atoms with van der Waals surface area (Å²) in [5.41, 5.74) is 6.63. The third-order valence-corrected chi connectivity index (χ3v) is 6.16. The lowest BCUT2D eigenvalue weighted by atomic mass is 10.0. The number of primary amides is 1. The molecule has 4 rings (SSSR count). The van der Waals surface area contributed by atoms with Gasteiger partial charge >= 0.3 is 0 Å². The predicted molar refractivity (Wildman–Crippen MR) is 116 cm³/mol. The van der Waals surface area contributed by atoms with Gasteiger partial charge in [0.2, 0.25) is 0 Å². The third-order valence-electron chi connectivity index (χ3n) is 4.78. The van der Waals surface area contributed by atoms with E-state index in [1.165, 1.54) is 28.7 Å². The molecule has 0 atom stereocenters. The number of amides is 2. The molecule has 0 aliphatic heterocycles. The van der Waals surface area contributed by atoms with Crippen LogP contribution in [0.25, 0.3) is 21.3 Å². The molecule has 4 aromatic rings. The Balaban J connectivity index is 2.01. The molecule has 0 aromatic carbocycles. The van der Waals surface area contributed by atoms with Gasteiger partial charge in [0, 0.05) is 31.2 Å². The summed E-state index contributed by atoms with van der Waals surface area (Å²) in [5, 5.41) is 11.3. The number of thiophene rings is 1. The van der Waals surface area contributed by atoms with E-state index in [1.54, 1.807) is 20.2 Å². The summed E-state index contributed by atoms with van der Waals surface area (Å²) in [7, 11) is 3.22. The van der Waals surface area contributed by atoms with Crippen LogP contribution in [0.4, 0.5) is 14.5 Å².